The topological polar surface area (TPSA) is 30.8 Å². The van der Waals surface area contributed by atoms with Crippen LogP contribution in [0.25, 0.3) is 0 Å². The molecule has 1 aliphatic heterocycles. The van der Waals surface area contributed by atoms with Gasteiger partial charge in [-0.05, 0) is 43.0 Å². The normalized spacial score (nSPS) is 20.4. The van der Waals surface area contributed by atoms with E-state index in [-0.39, 0.29) is 18.8 Å². The maximum atomic E-state index is 13.6. The summed E-state index contributed by atoms with van der Waals surface area (Å²) in [6, 6.07) is 5.81. The van der Waals surface area contributed by atoms with Gasteiger partial charge in [0.25, 0.3) is 0 Å². The van der Waals surface area contributed by atoms with Gasteiger partial charge in [0.05, 0.1) is 18.1 Å². The summed E-state index contributed by atoms with van der Waals surface area (Å²) in [4.78, 5) is 6.62. The predicted octanol–water partition coefficient (Wildman–Crippen LogP) is 4.43. The molecule has 3 nitrogen and oxygen atoms in total. The Morgan fingerprint density at radius 3 is 2.70 bits per heavy atom. The number of rotatable bonds is 5. The maximum absolute atomic E-state index is 13.6. The third-order valence-electron chi connectivity index (χ3n) is 3.76. The summed E-state index contributed by atoms with van der Waals surface area (Å²) in [5.74, 6) is -1.21. The van der Waals surface area contributed by atoms with Gasteiger partial charge in [0.15, 0.2) is 5.60 Å². The minimum Gasteiger partial charge on any atom is -0.386 e. The highest BCUT2D eigenvalue weighted by Crippen LogP contribution is 2.30. The van der Waals surface area contributed by atoms with E-state index >= 15 is 0 Å². The largest absolute Gasteiger partial charge is 0.386 e. The molecule has 0 amide bonds. The van der Waals surface area contributed by atoms with E-state index in [1.54, 1.807) is 11.3 Å². The van der Waals surface area contributed by atoms with Gasteiger partial charge in [0.2, 0.25) is 0 Å². The van der Waals surface area contributed by atoms with Crippen molar-refractivity contribution < 1.29 is 18.4 Å². The molecule has 0 saturated heterocycles. The molecule has 1 aromatic carbocycles. The number of benzene rings is 1. The molecule has 0 unspecified atom stereocenters. The number of aryl methyl sites for hydroxylation is 1. The van der Waals surface area contributed by atoms with Crippen LogP contribution in [0.1, 0.15) is 29.3 Å². The van der Waals surface area contributed by atoms with Crippen LogP contribution in [0.5, 0.6) is 0 Å². The Hall–Kier alpha value is -1.79. The molecule has 0 saturated carbocycles. The molecule has 6 heteroatoms. The first kappa shape index (κ1) is 16.1. The van der Waals surface area contributed by atoms with Gasteiger partial charge < -0.3 is 9.57 Å². The van der Waals surface area contributed by atoms with Crippen LogP contribution in [0.3, 0.4) is 0 Å². The van der Waals surface area contributed by atoms with E-state index in [4.69, 9.17) is 9.57 Å². The summed E-state index contributed by atoms with van der Waals surface area (Å²) < 4.78 is 32.6. The van der Waals surface area contributed by atoms with Gasteiger partial charge in [-0.15, -0.1) is 11.3 Å². The van der Waals surface area contributed by atoms with E-state index in [1.165, 1.54) is 18.2 Å². The number of nitrogens with zero attached hydrogens (tertiary/aromatic N) is 1. The Morgan fingerprint density at radius 1 is 1.30 bits per heavy atom. The highest BCUT2D eigenvalue weighted by Gasteiger charge is 2.36. The van der Waals surface area contributed by atoms with Crippen molar-refractivity contribution in [2.24, 2.45) is 5.16 Å². The molecule has 0 spiro atoms. The lowest BCUT2D eigenvalue weighted by molar-refractivity contribution is -0.0716. The number of ether oxygens (including phenoxy) is 1. The summed E-state index contributed by atoms with van der Waals surface area (Å²) in [5, 5.41) is 6.17. The highest BCUT2D eigenvalue weighted by molar-refractivity contribution is 7.12. The van der Waals surface area contributed by atoms with Gasteiger partial charge in [0.1, 0.15) is 17.3 Å². The molecule has 122 valence electrons. The van der Waals surface area contributed by atoms with E-state index in [0.717, 1.165) is 16.2 Å². The van der Waals surface area contributed by atoms with Crippen LogP contribution in [0.2, 0.25) is 0 Å². The Labute approximate surface area is 137 Å². The quantitative estimate of drug-likeness (QED) is 0.808. The van der Waals surface area contributed by atoms with Crippen LogP contribution in [0, 0.1) is 18.6 Å². The summed E-state index contributed by atoms with van der Waals surface area (Å²) in [7, 11) is 0. The van der Waals surface area contributed by atoms with Crippen molar-refractivity contribution in [3.05, 3.63) is 57.3 Å². The van der Waals surface area contributed by atoms with Gasteiger partial charge in [-0.1, -0.05) is 11.2 Å². The molecule has 0 bridgehead atoms. The average molecular weight is 337 g/mol. The smallest absolute Gasteiger partial charge is 0.163 e. The van der Waals surface area contributed by atoms with Crippen LogP contribution in [0.15, 0.2) is 34.8 Å². The Bertz CT molecular complexity index is 724. The first-order valence-corrected chi connectivity index (χ1v) is 8.17. The van der Waals surface area contributed by atoms with E-state index < -0.39 is 17.2 Å². The second-order valence-electron chi connectivity index (χ2n) is 5.88. The monoisotopic (exact) mass is 337 g/mol. The van der Waals surface area contributed by atoms with Crippen LogP contribution < -0.4 is 0 Å². The number of halogens is 2. The Kier molecular flexibility index (Phi) is 4.46. The minimum absolute atomic E-state index is 0.0654. The molecule has 2 aromatic rings. The molecule has 0 fully saturated rings. The van der Waals surface area contributed by atoms with Gasteiger partial charge in [-0.3, -0.25) is 0 Å². The third kappa shape index (κ3) is 3.43. The summed E-state index contributed by atoms with van der Waals surface area (Å²) in [6.45, 7) is 3.98. The highest BCUT2D eigenvalue weighted by atomic mass is 32.1. The Balaban J connectivity index is 1.58. The van der Waals surface area contributed by atoms with Gasteiger partial charge in [-0.25, -0.2) is 8.78 Å². The zero-order valence-electron chi connectivity index (χ0n) is 12.9. The second-order valence-corrected chi connectivity index (χ2v) is 6.80. The zero-order valence-corrected chi connectivity index (χ0v) is 13.8. The molecule has 0 N–H and O–H groups in total. The predicted molar refractivity (Wildman–Crippen MR) is 85.7 cm³/mol. The SMILES string of the molecule is Cc1ccsc1C1=NO[C@](C)(COCc2c(F)cccc2F)C1. The van der Waals surface area contributed by atoms with Crippen molar-refractivity contribution in [2.75, 3.05) is 6.61 Å². The van der Waals surface area contributed by atoms with Crippen molar-refractivity contribution in [1.82, 2.24) is 0 Å². The molecule has 2 heterocycles. The fourth-order valence-corrected chi connectivity index (χ4v) is 3.40. The number of hydrogen-bond acceptors (Lipinski definition) is 4. The summed E-state index contributed by atoms with van der Waals surface area (Å²) in [5.41, 5.74) is 1.37. The van der Waals surface area contributed by atoms with Gasteiger partial charge in [0, 0.05) is 12.0 Å². The van der Waals surface area contributed by atoms with Crippen molar-refractivity contribution in [1.29, 1.82) is 0 Å². The summed E-state index contributed by atoms with van der Waals surface area (Å²) >= 11 is 1.62. The molecule has 0 aliphatic carbocycles. The molecule has 0 radical (unpaired) electrons. The molecule has 23 heavy (non-hydrogen) atoms. The molecule has 1 atom stereocenters. The maximum Gasteiger partial charge on any atom is 0.163 e. The van der Waals surface area contributed by atoms with E-state index in [0.29, 0.717) is 6.42 Å². The van der Waals surface area contributed by atoms with Gasteiger partial charge >= 0.3 is 0 Å². The first-order valence-electron chi connectivity index (χ1n) is 7.29. The standard InChI is InChI=1S/C17H17F2NO2S/c1-11-6-7-23-16(11)15-8-17(2,22-20-15)10-21-9-12-13(18)4-3-5-14(12)19/h3-7H,8-10H2,1-2H3/t17-/m0/s1. The number of oxime groups is 1. The molecular formula is C17H17F2NO2S. The average Bonchev–Trinajstić information content (AvgIpc) is 3.09. The molecule has 3 rings (SSSR count). The lowest BCUT2D eigenvalue weighted by Crippen LogP contribution is -2.31. The number of hydrogen-bond donors (Lipinski definition) is 0. The number of thiophene rings is 1. The fraction of sp³-hybridized carbons (Fsp3) is 0.353. The fourth-order valence-electron chi connectivity index (χ4n) is 2.49. The van der Waals surface area contributed by atoms with Gasteiger partial charge in [-0.2, -0.15) is 0 Å². The van der Waals surface area contributed by atoms with Crippen LogP contribution in [-0.4, -0.2) is 17.9 Å². The van der Waals surface area contributed by atoms with Crippen molar-refractivity contribution in [3.63, 3.8) is 0 Å². The van der Waals surface area contributed by atoms with Crippen LogP contribution in [0.4, 0.5) is 8.78 Å². The van der Waals surface area contributed by atoms with E-state index in [9.17, 15) is 8.78 Å². The van der Waals surface area contributed by atoms with Crippen LogP contribution in [-0.2, 0) is 16.2 Å². The third-order valence-corrected chi connectivity index (χ3v) is 4.82. The Morgan fingerprint density at radius 2 is 2.04 bits per heavy atom. The van der Waals surface area contributed by atoms with Crippen molar-refractivity contribution in [3.8, 4) is 0 Å². The zero-order chi connectivity index (χ0) is 16.4. The molecular weight excluding hydrogens is 320 g/mol. The molecule has 1 aliphatic rings. The lowest BCUT2D eigenvalue weighted by atomic mass is 9.99. The summed E-state index contributed by atoms with van der Waals surface area (Å²) in [6.07, 6.45) is 0.605. The minimum atomic E-state index is -0.618. The molecule has 1 aromatic heterocycles. The first-order chi connectivity index (χ1) is 11.0. The van der Waals surface area contributed by atoms with Crippen molar-refractivity contribution >= 4 is 17.0 Å². The second kappa shape index (κ2) is 6.37. The van der Waals surface area contributed by atoms with E-state index in [1.807, 2.05) is 25.3 Å². The van der Waals surface area contributed by atoms with Crippen molar-refractivity contribution in [2.45, 2.75) is 32.5 Å². The van der Waals surface area contributed by atoms with E-state index in [2.05, 4.69) is 5.16 Å². The van der Waals surface area contributed by atoms with Crippen LogP contribution >= 0.6 is 11.3 Å². The lowest BCUT2D eigenvalue weighted by Gasteiger charge is -2.21.